The first kappa shape index (κ1) is 13.6. The highest BCUT2D eigenvalue weighted by molar-refractivity contribution is 9.10. The molecule has 4 nitrogen and oxygen atoms in total. The predicted octanol–water partition coefficient (Wildman–Crippen LogP) is 2.69. The van der Waals surface area contributed by atoms with Crippen LogP contribution in [0.4, 0.5) is 0 Å². The van der Waals surface area contributed by atoms with Crippen LogP contribution in [0.25, 0.3) is 0 Å². The summed E-state index contributed by atoms with van der Waals surface area (Å²) in [6.45, 7) is 0. The van der Waals surface area contributed by atoms with Crippen molar-refractivity contribution in [2.75, 3.05) is 0 Å². The first-order chi connectivity index (χ1) is 8.58. The fraction of sp³-hybridized carbons (Fsp3) is 0.333. The van der Waals surface area contributed by atoms with Crippen LogP contribution in [0, 0.1) is 0 Å². The van der Waals surface area contributed by atoms with Crippen molar-refractivity contribution >= 4 is 26.0 Å². The molecule has 0 radical (unpaired) electrons. The van der Waals surface area contributed by atoms with E-state index in [1.54, 1.807) is 24.3 Å². The van der Waals surface area contributed by atoms with Gasteiger partial charge in [0.15, 0.2) is 0 Å². The number of halogens is 1. The number of hydrazine groups is 1. The fourth-order valence-corrected chi connectivity index (χ4v) is 2.90. The van der Waals surface area contributed by atoms with Gasteiger partial charge in [-0.15, -0.1) is 4.83 Å². The van der Waals surface area contributed by atoms with Crippen LogP contribution < -0.4 is 10.3 Å². The molecule has 1 aromatic rings. The highest BCUT2D eigenvalue weighted by Crippen LogP contribution is 2.16. The van der Waals surface area contributed by atoms with Crippen LogP contribution in [0.5, 0.6) is 0 Å². The predicted molar refractivity (Wildman–Crippen MR) is 74.2 cm³/mol. The van der Waals surface area contributed by atoms with Crippen molar-refractivity contribution < 1.29 is 8.42 Å². The molecule has 0 saturated heterocycles. The topological polar surface area (TPSA) is 58.2 Å². The van der Waals surface area contributed by atoms with E-state index in [4.69, 9.17) is 0 Å². The molecule has 0 aromatic heterocycles. The number of sulfonamides is 1. The average molecular weight is 331 g/mol. The van der Waals surface area contributed by atoms with Gasteiger partial charge >= 0.3 is 0 Å². The number of benzene rings is 1. The highest BCUT2D eigenvalue weighted by Gasteiger charge is 2.14. The zero-order chi connectivity index (χ0) is 13.0. The molecule has 6 heteroatoms. The summed E-state index contributed by atoms with van der Waals surface area (Å²) < 4.78 is 24.8. The quantitative estimate of drug-likeness (QED) is 0.834. The summed E-state index contributed by atoms with van der Waals surface area (Å²) in [7, 11) is -3.50. The maximum absolute atomic E-state index is 12.0. The summed E-state index contributed by atoms with van der Waals surface area (Å²) in [6, 6.07) is 6.52. The van der Waals surface area contributed by atoms with E-state index < -0.39 is 10.0 Å². The minimum Gasteiger partial charge on any atom is -0.312 e. The van der Waals surface area contributed by atoms with Gasteiger partial charge in [-0.05, 0) is 49.9 Å². The molecule has 1 aliphatic carbocycles. The molecule has 0 unspecified atom stereocenters. The maximum Gasteiger partial charge on any atom is 0.257 e. The van der Waals surface area contributed by atoms with E-state index in [9.17, 15) is 8.42 Å². The van der Waals surface area contributed by atoms with Crippen LogP contribution in [0.15, 0.2) is 45.4 Å². The van der Waals surface area contributed by atoms with Gasteiger partial charge in [0.2, 0.25) is 0 Å². The summed E-state index contributed by atoms with van der Waals surface area (Å²) in [5.41, 5.74) is 3.73. The van der Waals surface area contributed by atoms with E-state index >= 15 is 0 Å². The lowest BCUT2D eigenvalue weighted by Gasteiger charge is -2.15. The molecular formula is C12H15BrN2O2S. The molecular weight excluding hydrogens is 316 g/mol. The molecule has 0 fully saturated rings. The second-order valence-corrected chi connectivity index (χ2v) is 6.76. The van der Waals surface area contributed by atoms with Crippen molar-refractivity contribution in [3.63, 3.8) is 0 Å². The highest BCUT2D eigenvalue weighted by atomic mass is 79.9. The van der Waals surface area contributed by atoms with E-state index in [-0.39, 0.29) is 4.90 Å². The van der Waals surface area contributed by atoms with Crippen molar-refractivity contribution in [1.82, 2.24) is 10.3 Å². The second-order valence-electron chi connectivity index (χ2n) is 4.16. The van der Waals surface area contributed by atoms with Gasteiger partial charge in [-0.1, -0.05) is 22.0 Å². The molecule has 2 rings (SSSR count). The molecule has 0 bridgehead atoms. The third kappa shape index (κ3) is 3.57. The van der Waals surface area contributed by atoms with E-state index in [2.05, 4.69) is 26.2 Å². The van der Waals surface area contributed by atoms with Gasteiger partial charge < -0.3 is 5.43 Å². The Hall–Kier alpha value is -0.850. The molecule has 2 N–H and O–H groups in total. The van der Waals surface area contributed by atoms with Gasteiger partial charge in [-0.2, -0.15) is 0 Å². The Balaban J connectivity index is 2.03. The van der Waals surface area contributed by atoms with Crippen LogP contribution in [0.3, 0.4) is 0 Å². The molecule has 0 amide bonds. The first-order valence-corrected chi connectivity index (χ1v) is 8.08. The van der Waals surface area contributed by atoms with E-state index in [0.717, 1.165) is 29.4 Å². The Kier molecular flexibility index (Phi) is 4.42. The summed E-state index contributed by atoms with van der Waals surface area (Å²) in [4.78, 5) is 2.65. The summed E-state index contributed by atoms with van der Waals surface area (Å²) in [6.07, 6.45) is 6.20. The summed E-state index contributed by atoms with van der Waals surface area (Å²) in [5, 5.41) is 0. The normalized spacial score (nSPS) is 16.2. The lowest BCUT2D eigenvalue weighted by Crippen LogP contribution is -2.37. The number of hydrogen-bond donors (Lipinski definition) is 2. The monoisotopic (exact) mass is 330 g/mol. The lowest BCUT2D eigenvalue weighted by atomic mass is 10.1. The van der Waals surface area contributed by atoms with Crippen molar-refractivity contribution in [3.05, 3.63) is 40.5 Å². The van der Waals surface area contributed by atoms with E-state index in [1.165, 1.54) is 6.42 Å². The standard InChI is InChI=1S/C12H15BrN2O2S/c13-10-6-8-12(9-7-10)18(16,17)15-14-11-4-2-1-3-5-11/h4,6-9,14-15H,1-3,5H2. The van der Waals surface area contributed by atoms with Crippen molar-refractivity contribution in [3.8, 4) is 0 Å². The van der Waals surface area contributed by atoms with Gasteiger partial charge in [-0.3, -0.25) is 0 Å². The number of nitrogens with one attached hydrogen (secondary N) is 2. The molecule has 1 aromatic carbocycles. The van der Waals surface area contributed by atoms with Gasteiger partial charge in [-0.25, -0.2) is 8.42 Å². The Morgan fingerprint density at radius 3 is 2.44 bits per heavy atom. The van der Waals surface area contributed by atoms with Gasteiger partial charge in [0.1, 0.15) is 0 Å². The van der Waals surface area contributed by atoms with Crippen LogP contribution in [-0.4, -0.2) is 8.42 Å². The van der Waals surface area contributed by atoms with E-state index in [1.807, 2.05) is 6.08 Å². The maximum atomic E-state index is 12.0. The smallest absolute Gasteiger partial charge is 0.257 e. The SMILES string of the molecule is O=S(=O)(NNC1=CCCCC1)c1ccc(Br)cc1. The number of hydrogen-bond acceptors (Lipinski definition) is 3. The van der Waals surface area contributed by atoms with Crippen molar-refractivity contribution in [2.24, 2.45) is 0 Å². The molecule has 1 aliphatic rings. The lowest BCUT2D eigenvalue weighted by molar-refractivity contribution is 0.559. The van der Waals surface area contributed by atoms with Crippen LogP contribution in [0.2, 0.25) is 0 Å². The van der Waals surface area contributed by atoms with Crippen LogP contribution in [-0.2, 0) is 10.0 Å². The zero-order valence-electron chi connectivity index (χ0n) is 9.82. The molecule has 0 spiro atoms. The Bertz CT molecular complexity index is 538. The van der Waals surface area contributed by atoms with Gasteiger partial charge in [0, 0.05) is 10.2 Å². The molecule has 98 valence electrons. The minimum atomic E-state index is -3.50. The Morgan fingerprint density at radius 1 is 1.11 bits per heavy atom. The average Bonchev–Trinajstić information content (AvgIpc) is 2.38. The third-order valence-corrected chi connectivity index (χ3v) is 4.55. The van der Waals surface area contributed by atoms with Crippen LogP contribution >= 0.6 is 15.9 Å². The van der Waals surface area contributed by atoms with Crippen molar-refractivity contribution in [1.29, 1.82) is 0 Å². The van der Waals surface area contributed by atoms with Gasteiger partial charge in [0.05, 0.1) is 4.90 Å². The largest absolute Gasteiger partial charge is 0.312 e. The van der Waals surface area contributed by atoms with E-state index in [0.29, 0.717) is 0 Å². The Morgan fingerprint density at radius 2 is 1.83 bits per heavy atom. The fourth-order valence-electron chi connectivity index (χ4n) is 1.76. The molecule has 18 heavy (non-hydrogen) atoms. The van der Waals surface area contributed by atoms with Crippen LogP contribution in [0.1, 0.15) is 25.7 Å². The Labute approximate surface area is 116 Å². The summed E-state index contributed by atoms with van der Waals surface area (Å²) in [5.74, 6) is 0. The molecule has 0 aliphatic heterocycles. The summed E-state index contributed by atoms with van der Waals surface area (Å²) >= 11 is 3.27. The third-order valence-electron chi connectivity index (χ3n) is 2.76. The second kappa shape index (κ2) is 5.86. The molecule has 0 saturated carbocycles. The molecule has 0 heterocycles. The molecule has 0 atom stereocenters. The minimum absolute atomic E-state index is 0.245. The van der Waals surface area contributed by atoms with Crippen molar-refractivity contribution in [2.45, 2.75) is 30.6 Å². The zero-order valence-corrected chi connectivity index (χ0v) is 12.2. The first-order valence-electron chi connectivity index (χ1n) is 5.80. The number of rotatable bonds is 4. The number of allylic oxidation sites excluding steroid dienone is 2. The van der Waals surface area contributed by atoms with Gasteiger partial charge in [0.25, 0.3) is 10.0 Å².